The second-order valence-electron chi connectivity index (χ2n) is 5.59. The third-order valence-electron chi connectivity index (χ3n) is 3.78. The summed E-state index contributed by atoms with van der Waals surface area (Å²) in [6.07, 6.45) is -2.22. The molecule has 27 heavy (non-hydrogen) atoms. The Labute approximate surface area is 150 Å². The van der Waals surface area contributed by atoms with E-state index in [0.717, 1.165) is 12.1 Å². The maximum atomic E-state index is 13.5. The number of anilines is 1. The molecule has 4 nitrogen and oxygen atoms in total. The van der Waals surface area contributed by atoms with Crippen molar-refractivity contribution in [3.8, 4) is 11.1 Å². The lowest BCUT2D eigenvalue weighted by molar-refractivity contribution is 0.102. The summed E-state index contributed by atoms with van der Waals surface area (Å²) in [5.74, 6) is -5.08. The molecule has 0 bridgehead atoms. The molecule has 1 heterocycles. The van der Waals surface area contributed by atoms with E-state index >= 15 is 0 Å². The zero-order valence-corrected chi connectivity index (χ0v) is 13.6. The predicted octanol–water partition coefficient (Wildman–Crippen LogP) is 4.55. The standard InChI is InChI=1S/C18H12F5N3O/c19-12-5-9(6-13(20)17(12)23)10-3-1-2-4-14(10)25-18(27)11-8-24-26-15(11)7-16(21)22/h1-6,8,16H,7H2,(H,24,26)(H,25,27). The molecule has 1 aromatic heterocycles. The molecule has 0 spiro atoms. The summed E-state index contributed by atoms with van der Waals surface area (Å²) in [5.41, 5.74) is 0.197. The monoisotopic (exact) mass is 381 g/mol. The van der Waals surface area contributed by atoms with E-state index in [4.69, 9.17) is 0 Å². The van der Waals surface area contributed by atoms with Crippen molar-refractivity contribution in [3.63, 3.8) is 0 Å². The van der Waals surface area contributed by atoms with Gasteiger partial charge in [0.05, 0.1) is 17.7 Å². The molecule has 9 heteroatoms. The van der Waals surface area contributed by atoms with Crippen LogP contribution in [0.4, 0.5) is 27.6 Å². The van der Waals surface area contributed by atoms with Crippen LogP contribution in [0, 0.1) is 17.5 Å². The number of hydrogen-bond acceptors (Lipinski definition) is 2. The van der Waals surface area contributed by atoms with E-state index in [2.05, 4.69) is 15.5 Å². The Morgan fingerprint density at radius 2 is 1.78 bits per heavy atom. The Morgan fingerprint density at radius 3 is 2.44 bits per heavy atom. The summed E-state index contributed by atoms with van der Waals surface area (Å²) in [6, 6.07) is 7.64. The van der Waals surface area contributed by atoms with Crippen molar-refractivity contribution in [1.82, 2.24) is 10.2 Å². The largest absolute Gasteiger partial charge is 0.321 e. The fourth-order valence-electron chi connectivity index (χ4n) is 2.56. The topological polar surface area (TPSA) is 57.8 Å². The number of aromatic amines is 1. The van der Waals surface area contributed by atoms with Gasteiger partial charge in [-0.1, -0.05) is 18.2 Å². The minimum absolute atomic E-state index is 0.00213. The number of nitrogens with one attached hydrogen (secondary N) is 2. The SMILES string of the molecule is O=C(Nc1ccccc1-c1cc(F)c(F)c(F)c1)c1c[nH]nc1CC(F)F. The molecule has 1 amide bonds. The summed E-state index contributed by atoms with van der Waals surface area (Å²) in [6.45, 7) is 0. The van der Waals surface area contributed by atoms with Gasteiger partial charge in [0, 0.05) is 17.4 Å². The second kappa shape index (κ2) is 7.56. The number of rotatable bonds is 5. The predicted molar refractivity (Wildman–Crippen MR) is 88.0 cm³/mol. The van der Waals surface area contributed by atoms with E-state index in [1.54, 1.807) is 12.1 Å². The number of benzene rings is 2. The number of alkyl halides is 2. The molecule has 0 aliphatic carbocycles. The van der Waals surface area contributed by atoms with Gasteiger partial charge in [0.2, 0.25) is 6.43 Å². The highest BCUT2D eigenvalue weighted by Crippen LogP contribution is 2.30. The van der Waals surface area contributed by atoms with E-state index in [1.165, 1.54) is 18.3 Å². The van der Waals surface area contributed by atoms with Crippen LogP contribution in [0.15, 0.2) is 42.6 Å². The first-order chi connectivity index (χ1) is 12.9. The maximum Gasteiger partial charge on any atom is 0.259 e. The van der Waals surface area contributed by atoms with Gasteiger partial charge in [0.25, 0.3) is 5.91 Å². The molecule has 0 unspecified atom stereocenters. The minimum Gasteiger partial charge on any atom is -0.321 e. The Bertz CT molecular complexity index is 964. The first kappa shape index (κ1) is 18.6. The third kappa shape index (κ3) is 3.97. The highest BCUT2D eigenvalue weighted by Gasteiger charge is 2.19. The molecule has 0 fully saturated rings. The van der Waals surface area contributed by atoms with Crippen LogP contribution in [-0.4, -0.2) is 22.5 Å². The van der Waals surface area contributed by atoms with Crippen LogP contribution in [0.25, 0.3) is 11.1 Å². The van der Waals surface area contributed by atoms with Crippen molar-refractivity contribution in [2.75, 3.05) is 5.32 Å². The van der Waals surface area contributed by atoms with Crippen molar-refractivity contribution in [2.24, 2.45) is 0 Å². The average Bonchev–Trinajstić information content (AvgIpc) is 3.07. The zero-order chi connectivity index (χ0) is 19.6. The molecule has 0 atom stereocenters. The quantitative estimate of drug-likeness (QED) is 0.503. The first-order valence-corrected chi connectivity index (χ1v) is 7.73. The Balaban J connectivity index is 1.94. The molecule has 3 aromatic rings. The Morgan fingerprint density at radius 1 is 1.11 bits per heavy atom. The molecule has 3 rings (SSSR count). The van der Waals surface area contributed by atoms with Gasteiger partial charge in [0.15, 0.2) is 17.5 Å². The van der Waals surface area contributed by atoms with Crippen LogP contribution in [0.5, 0.6) is 0 Å². The maximum absolute atomic E-state index is 13.5. The van der Waals surface area contributed by atoms with E-state index in [0.29, 0.717) is 0 Å². The summed E-state index contributed by atoms with van der Waals surface area (Å²) in [5, 5.41) is 8.47. The van der Waals surface area contributed by atoms with Crippen molar-refractivity contribution in [3.05, 3.63) is 71.3 Å². The van der Waals surface area contributed by atoms with Crippen LogP contribution >= 0.6 is 0 Å². The lowest BCUT2D eigenvalue weighted by Gasteiger charge is -2.12. The van der Waals surface area contributed by atoms with Gasteiger partial charge in [-0.2, -0.15) is 5.10 Å². The first-order valence-electron chi connectivity index (χ1n) is 7.73. The number of carbonyl (C=O) groups is 1. The fraction of sp³-hybridized carbons (Fsp3) is 0.111. The zero-order valence-electron chi connectivity index (χ0n) is 13.6. The van der Waals surface area contributed by atoms with E-state index in [1.807, 2.05) is 0 Å². The van der Waals surface area contributed by atoms with Crippen LogP contribution in [0.1, 0.15) is 16.1 Å². The second-order valence-corrected chi connectivity index (χ2v) is 5.59. The van der Waals surface area contributed by atoms with Gasteiger partial charge < -0.3 is 5.32 Å². The minimum atomic E-state index is -2.68. The van der Waals surface area contributed by atoms with Crippen LogP contribution in [0.3, 0.4) is 0 Å². The lowest BCUT2D eigenvalue weighted by Crippen LogP contribution is -2.15. The molecule has 2 aromatic carbocycles. The van der Waals surface area contributed by atoms with Gasteiger partial charge in [-0.05, 0) is 23.8 Å². The molecular weight excluding hydrogens is 369 g/mol. The summed E-state index contributed by atoms with van der Waals surface area (Å²) < 4.78 is 65.4. The molecule has 0 aliphatic rings. The summed E-state index contributed by atoms with van der Waals surface area (Å²) in [4.78, 5) is 12.4. The van der Waals surface area contributed by atoms with Gasteiger partial charge in [-0.3, -0.25) is 9.89 Å². The van der Waals surface area contributed by atoms with Gasteiger partial charge in [0.1, 0.15) is 0 Å². The number of para-hydroxylation sites is 1. The normalized spacial score (nSPS) is 11.0. The van der Waals surface area contributed by atoms with Crippen LogP contribution < -0.4 is 5.32 Å². The molecule has 140 valence electrons. The number of H-pyrrole nitrogens is 1. The number of hydrogen-bond donors (Lipinski definition) is 2. The molecule has 0 saturated carbocycles. The molecule has 0 radical (unpaired) electrons. The number of amides is 1. The fourth-order valence-corrected chi connectivity index (χ4v) is 2.56. The number of nitrogens with zero attached hydrogens (tertiary/aromatic N) is 1. The van der Waals surface area contributed by atoms with Crippen molar-refractivity contribution >= 4 is 11.6 Å². The molecular formula is C18H12F5N3O. The number of halogens is 5. The molecule has 0 saturated heterocycles. The number of aromatic nitrogens is 2. The summed E-state index contributed by atoms with van der Waals surface area (Å²) >= 11 is 0. The van der Waals surface area contributed by atoms with E-state index in [9.17, 15) is 26.7 Å². The summed E-state index contributed by atoms with van der Waals surface area (Å²) in [7, 11) is 0. The van der Waals surface area contributed by atoms with E-state index < -0.39 is 36.2 Å². The Kier molecular flexibility index (Phi) is 5.20. The third-order valence-corrected chi connectivity index (χ3v) is 3.78. The van der Waals surface area contributed by atoms with Crippen molar-refractivity contribution in [1.29, 1.82) is 0 Å². The molecule has 2 N–H and O–H groups in total. The molecule has 0 aliphatic heterocycles. The van der Waals surface area contributed by atoms with Crippen molar-refractivity contribution in [2.45, 2.75) is 12.8 Å². The van der Waals surface area contributed by atoms with Crippen LogP contribution in [0.2, 0.25) is 0 Å². The van der Waals surface area contributed by atoms with Gasteiger partial charge in [-0.15, -0.1) is 0 Å². The smallest absolute Gasteiger partial charge is 0.259 e. The lowest BCUT2D eigenvalue weighted by atomic mass is 10.0. The van der Waals surface area contributed by atoms with Crippen LogP contribution in [-0.2, 0) is 6.42 Å². The van der Waals surface area contributed by atoms with Gasteiger partial charge >= 0.3 is 0 Å². The van der Waals surface area contributed by atoms with Crippen molar-refractivity contribution < 1.29 is 26.7 Å². The van der Waals surface area contributed by atoms with Gasteiger partial charge in [-0.25, -0.2) is 22.0 Å². The van der Waals surface area contributed by atoms with E-state index in [-0.39, 0.29) is 28.1 Å². The highest BCUT2D eigenvalue weighted by molar-refractivity contribution is 6.06. The number of carbonyl (C=O) groups excluding carboxylic acids is 1. The Hall–Kier alpha value is -3.23. The highest BCUT2D eigenvalue weighted by atomic mass is 19.3. The average molecular weight is 381 g/mol.